The van der Waals surface area contributed by atoms with E-state index in [1.54, 1.807) is 0 Å². The van der Waals surface area contributed by atoms with Crippen molar-refractivity contribution in [1.82, 2.24) is 20.0 Å². The third kappa shape index (κ3) is 3.08. The van der Waals surface area contributed by atoms with Crippen molar-refractivity contribution < 1.29 is 4.79 Å². The van der Waals surface area contributed by atoms with Crippen LogP contribution in [0, 0.1) is 0 Å². The Morgan fingerprint density at radius 1 is 1.17 bits per heavy atom. The van der Waals surface area contributed by atoms with Gasteiger partial charge < -0.3 is 10.2 Å². The van der Waals surface area contributed by atoms with E-state index in [-0.39, 0.29) is 5.91 Å². The molecule has 2 unspecified atom stereocenters. The van der Waals surface area contributed by atoms with E-state index in [0.29, 0.717) is 17.7 Å². The number of carbonyl (C=O) groups excluding carboxylic acids is 1. The molecule has 24 heavy (non-hydrogen) atoms. The molecule has 0 saturated carbocycles. The fourth-order valence-corrected chi connectivity index (χ4v) is 3.82. The lowest BCUT2D eigenvalue weighted by Gasteiger charge is -2.23. The first-order chi connectivity index (χ1) is 11.8. The Morgan fingerprint density at radius 3 is 2.83 bits per heavy atom. The van der Waals surface area contributed by atoms with Gasteiger partial charge in [-0.2, -0.15) is 5.10 Å². The molecule has 4 rings (SSSR count). The van der Waals surface area contributed by atoms with Crippen LogP contribution in [0.2, 0.25) is 0 Å². The van der Waals surface area contributed by atoms with Crippen molar-refractivity contribution in [2.45, 2.75) is 31.2 Å². The predicted octanol–water partition coefficient (Wildman–Crippen LogP) is 2.44. The molecule has 2 aliphatic heterocycles. The number of carbonyl (C=O) groups is 1. The molecular weight excluding hydrogens is 300 g/mol. The number of nitrogens with one attached hydrogen (secondary N) is 1. The molecule has 0 bridgehead atoms. The first kappa shape index (κ1) is 15.4. The lowest BCUT2D eigenvalue weighted by molar-refractivity contribution is 0.0783. The van der Waals surface area contributed by atoms with Crippen LogP contribution < -0.4 is 5.32 Å². The second-order valence-corrected chi connectivity index (χ2v) is 6.83. The maximum Gasteiger partial charge on any atom is 0.274 e. The Balaban J connectivity index is 1.42. The van der Waals surface area contributed by atoms with Gasteiger partial charge in [-0.3, -0.25) is 9.48 Å². The summed E-state index contributed by atoms with van der Waals surface area (Å²) in [5.74, 6) is 0.510. The van der Waals surface area contributed by atoms with Gasteiger partial charge >= 0.3 is 0 Å². The minimum absolute atomic E-state index is 0.0657. The van der Waals surface area contributed by atoms with Crippen molar-refractivity contribution in [3.05, 3.63) is 53.9 Å². The second-order valence-electron chi connectivity index (χ2n) is 6.83. The van der Waals surface area contributed by atoms with Crippen molar-refractivity contribution in [3.63, 3.8) is 0 Å². The molecule has 0 aliphatic carbocycles. The molecule has 2 saturated heterocycles. The number of nitrogens with zero attached hydrogens (tertiary/aromatic N) is 3. The smallest absolute Gasteiger partial charge is 0.274 e. The molecular formula is C19H24N4O. The summed E-state index contributed by atoms with van der Waals surface area (Å²) in [6, 6.07) is 12.7. The van der Waals surface area contributed by atoms with Crippen LogP contribution in [0.4, 0.5) is 0 Å². The van der Waals surface area contributed by atoms with E-state index in [2.05, 4.69) is 34.7 Å². The normalized spacial score (nSPS) is 24.2. The van der Waals surface area contributed by atoms with Gasteiger partial charge in [0.1, 0.15) is 5.69 Å². The van der Waals surface area contributed by atoms with Crippen molar-refractivity contribution in [2.24, 2.45) is 0 Å². The van der Waals surface area contributed by atoms with Crippen molar-refractivity contribution >= 4 is 5.91 Å². The van der Waals surface area contributed by atoms with Crippen LogP contribution in [0.3, 0.4) is 0 Å². The van der Waals surface area contributed by atoms with Crippen LogP contribution in [0.5, 0.6) is 0 Å². The van der Waals surface area contributed by atoms with Crippen LogP contribution in [0.25, 0.3) is 0 Å². The molecule has 5 heteroatoms. The molecule has 2 fully saturated rings. The highest BCUT2D eigenvalue weighted by molar-refractivity contribution is 5.92. The van der Waals surface area contributed by atoms with E-state index in [1.165, 1.54) is 12.0 Å². The van der Waals surface area contributed by atoms with Gasteiger partial charge in [-0.15, -0.1) is 0 Å². The molecule has 126 valence electrons. The highest BCUT2D eigenvalue weighted by Crippen LogP contribution is 2.28. The van der Waals surface area contributed by atoms with Crippen molar-refractivity contribution in [2.75, 3.05) is 26.2 Å². The van der Waals surface area contributed by atoms with Gasteiger partial charge in [0.15, 0.2) is 0 Å². The molecule has 0 spiro atoms. The number of aromatic nitrogens is 2. The average molecular weight is 324 g/mol. The Morgan fingerprint density at radius 2 is 2.04 bits per heavy atom. The molecule has 1 N–H and O–H groups in total. The minimum atomic E-state index is 0.0657. The quantitative estimate of drug-likeness (QED) is 0.943. The average Bonchev–Trinajstić information content (AvgIpc) is 3.33. The fourth-order valence-electron chi connectivity index (χ4n) is 3.82. The highest BCUT2D eigenvalue weighted by atomic mass is 16.2. The van der Waals surface area contributed by atoms with Gasteiger partial charge in [-0.25, -0.2) is 0 Å². The monoisotopic (exact) mass is 324 g/mol. The number of piperidine rings is 1. The first-order valence-corrected chi connectivity index (χ1v) is 8.91. The van der Waals surface area contributed by atoms with E-state index < -0.39 is 0 Å². The van der Waals surface area contributed by atoms with Crippen LogP contribution in [-0.4, -0.2) is 46.8 Å². The fraction of sp³-hybridized carbons (Fsp3) is 0.474. The molecule has 2 aliphatic rings. The highest BCUT2D eigenvalue weighted by Gasteiger charge is 2.29. The van der Waals surface area contributed by atoms with E-state index in [9.17, 15) is 4.79 Å². The number of likely N-dealkylation sites (tertiary alicyclic amines) is 1. The molecule has 1 aromatic carbocycles. The largest absolute Gasteiger partial charge is 0.337 e. The van der Waals surface area contributed by atoms with Crippen LogP contribution >= 0.6 is 0 Å². The van der Waals surface area contributed by atoms with E-state index in [4.69, 9.17) is 0 Å². The zero-order valence-corrected chi connectivity index (χ0v) is 13.9. The van der Waals surface area contributed by atoms with Gasteiger partial charge in [0.05, 0.1) is 6.04 Å². The van der Waals surface area contributed by atoms with Gasteiger partial charge in [0.2, 0.25) is 0 Å². The topological polar surface area (TPSA) is 50.2 Å². The van der Waals surface area contributed by atoms with Gasteiger partial charge in [0, 0.05) is 31.7 Å². The zero-order chi connectivity index (χ0) is 16.4. The summed E-state index contributed by atoms with van der Waals surface area (Å²) in [5, 5.41) is 7.96. The first-order valence-electron chi connectivity index (χ1n) is 8.91. The van der Waals surface area contributed by atoms with Crippen molar-refractivity contribution in [1.29, 1.82) is 0 Å². The molecule has 2 aromatic rings. The van der Waals surface area contributed by atoms with Gasteiger partial charge in [-0.05, 0) is 37.4 Å². The van der Waals surface area contributed by atoms with Crippen LogP contribution in [0.1, 0.15) is 47.3 Å². The standard InChI is InChI=1S/C19H24N4O/c24-19(18-9-12-23(21-18)17-7-4-10-20-13-17)22-11-8-16(14-22)15-5-2-1-3-6-15/h1-3,5-6,9,12,16-17,20H,4,7-8,10-11,13-14H2. The minimum Gasteiger partial charge on any atom is -0.337 e. The summed E-state index contributed by atoms with van der Waals surface area (Å²) in [6.07, 6.45) is 5.28. The SMILES string of the molecule is O=C(c1ccn(C2CCCNC2)n1)N1CCC(c2ccccc2)C1. The molecule has 2 atom stereocenters. The Bertz CT molecular complexity index is 690. The van der Waals surface area contributed by atoms with Gasteiger partial charge in [-0.1, -0.05) is 30.3 Å². The predicted molar refractivity (Wildman–Crippen MR) is 93.1 cm³/mol. The van der Waals surface area contributed by atoms with Crippen molar-refractivity contribution in [3.8, 4) is 0 Å². The van der Waals surface area contributed by atoms with Crippen LogP contribution in [-0.2, 0) is 0 Å². The summed E-state index contributed by atoms with van der Waals surface area (Å²) in [6.45, 7) is 3.63. The Labute approximate surface area is 142 Å². The molecule has 0 radical (unpaired) electrons. The maximum atomic E-state index is 12.8. The Kier molecular flexibility index (Phi) is 4.34. The summed E-state index contributed by atoms with van der Waals surface area (Å²) >= 11 is 0. The second kappa shape index (κ2) is 6.77. The number of hydrogen-bond acceptors (Lipinski definition) is 3. The molecule has 3 heterocycles. The molecule has 1 amide bonds. The number of hydrogen-bond donors (Lipinski definition) is 1. The summed E-state index contributed by atoms with van der Waals surface area (Å²) in [4.78, 5) is 14.7. The van der Waals surface area contributed by atoms with E-state index in [0.717, 1.165) is 39.0 Å². The number of rotatable bonds is 3. The lowest BCUT2D eigenvalue weighted by Crippen LogP contribution is -2.32. The lowest BCUT2D eigenvalue weighted by atomic mass is 9.99. The maximum absolute atomic E-state index is 12.8. The molecule has 5 nitrogen and oxygen atoms in total. The zero-order valence-electron chi connectivity index (χ0n) is 13.9. The molecule has 1 aromatic heterocycles. The third-order valence-corrected chi connectivity index (χ3v) is 5.22. The summed E-state index contributed by atoms with van der Waals surface area (Å²) in [7, 11) is 0. The van der Waals surface area contributed by atoms with Gasteiger partial charge in [0.25, 0.3) is 5.91 Å². The van der Waals surface area contributed by atoms with E-state index >= 15 is 0 Å². The summed E-state index contributed by atoms with van der Waals surface area (Å²) in [5.41, 5.74) is 1.90. The van der Waals surface area contributed by atoms with Crippen LogP contribution in [0.15, 0.2) is 42.6 Å². The Hall–Kier alpha value is -2.14. The third-order valence-electron chi connectivity index (χ3n) is 5.22. The number of amides is 1. The van der Waals surface area contributed by atoms with E-state index in [1.807, 2.05) is 27.9 Å². The number of benzene rings is 1. The summed E-state index contributed by atoms with van der Waals surface area (Å²) < 4.78 is 1.96.